The molecule has 64 heavy (non-hydrogen) atoms. The highest BCUT2D eigenvalue weighted by Gasteiger charge is 2.20. The topological polar surface area (TPSA) is 66.6 Å². The second-order valence-electron chi connectivity index (χ2n) is 16.4. The normalized spacial score (nSPS) is 11.8. The van der Waals surface area contributed by atoms with E-state index in [1.165, 1.54) is 24.8 Å². The molecule has 2 aliphatic rings. The van der Waals surface area contributed by atoms with E-state index in [9.17, 15) is 0 Å². The summed E-state index contributed by atoms with van der Waals surface area (Å²) in [6.45, 7) is 4.73. The fourth-order valence-corrected chi connectivity index (χ4v) is 8.99. The van der Waals surface area contributed by atoms with E-state index in [1.807, 2.05) is 6.08 Å². The molecule has 2 N–H and O–H groups in total. The van der Waals surface area contributed by atoms with Crippen molar-refractivity contribution >= 4 is 52.4 Å². The molecule has 0 unspecified atom stereocenters. The molecule has 5 nitrogen and oxygen atoms in total. The lowest BCUT2D eigenvalue weighted by molar-refractivity contribution is 0.305. The molecule has 5 heteroatoms. The first kappa shape index (κ1) is 40.3. The molecule has 0 saturated carbocycles. The summed E-state index contributed by atoms with van der Waals surface area (Å²) in [6.07, 6.45) is 17.3. The summed E-state index contributed by atoms with van der Waals surface area (Å²) < 4.78 is 6.77. The van der Waals surface area contributed by atoms with Gasteiger partial charge in [-0.15, -0.1) is 0 Å². The number of rotatable bonds is 14. The summed E-state index contributed by atoms with van der Waals surface area (Å²) in [5.74, 6) is 0.812. The molecule has 0 amide bonds. The standard InChI is InChI=1S/C59H50N4O/c1-2-41-29-30-46(55(40-41)64-39-19-5-3-4-10-20-42-21-11-6-12-22-42)59-53-37-35-51(62-53)57(44-25-15-8-16-26-44)49-33-31-47(60-49)56(43-23-13-7-14-24-43)48-32-34-50(61-48)58(45-27-17-9-18-28-45)52-36-38-54(59)63-52/h2,6-9,11-18,21-38,40,60,63H,1,3-5,10,19-20,39H2. The van der Waals surface area contributed by atoms with Gasteiger partial charge in [-0.2, -0.15) is 0 Å². The van der Waals surface area contributed by atoms with Gasteiger partial charge in [0.1, 0.15) is 5.75 Å². The number of fused-ring (bicyclic) bond motifs is 8. The zero-order chi connectivity index (χ0) is 43.1. The van der Waals surface area contributed by atoms with Crippen LogP contribution in [0.25, 0.3) is 97.0 Å². The molecule has 0 atom stereocenters. The van der Waals surface area contributed by atoms with Crippen LogP contribution in [0.3, 0.4) is 0 Å². The van der Waals surface area contributed by atoms with Gasteiger partial charge in [0, 0.05) is 49.9 Å². The highest BCUT2D eigenvalue weighted by atomic mass is 16.5. The van der Waals surface area contributed by atoms with E-state index in [1.54, 1.807) is 0 Å². The molecule has 8 aromatic rings. The molecule has 10 rings (SSSR count). The average molecular weight is 831 g/mol. The molecule has 5 aromatic carbocycles. The molecule has 0 radical (unpaired) electrons. The summed E-state index contributed by atoms with van der Waals surface area (Å²) in [6, 6.07) is 57.4. The molecule has 5 heterocycles. The van der Waals surface area contributed by atoms with Gasteiger partial charge < -0.3 is 14.7 Å². The van der Waals surface area contributed by atoms with Crippen molar-refractivity contribution in [2.45, 2.75) is 38.5 Å². The van der Waals surface area contributed by atoms with Crippen molar-refractivity contribution in [2.75, 3.05) is 6.61 Å². The molecule has 0 saturated heterocycles. The number of nitrogens with one attached hydrogen (secondary N) is 2. The predicted molar refractivity (Wildman–Crippen MR) is 269 cm³/mol. The maximum absolute atomic E-state index is 6.77. The van der Waals surface area contributed by atoms with Crippen molar-refractivity contribution in [3.63, 3.8) is 0 Å². The number of hydrogen-bond acceptors (Lipinski definition) is 3. The summed E-state index contributed by atoms with van der Waals surface area (Å²) in [7, 11) is 0. The Morgan fingerprint density at radius 1 is 0.438 bits per heavy atom. The number of aromatic nitrogens is 4. The summed E-state index contributed by atoms with van der Waals surface area (Å²) in [4.78, 5) is 18.7. The van der Waals surface area contributed by atoms with Crippen LogP contribution in [0.5, 0.6) is 5.75 Å². The maximum Gasteiger partial charge on any atom is 0.127 e. The number of aromatic amines is 2. The third-order valence-corrected chi connectivity index (χ3v) is 12.2. The van der Waals surface area contributed by atoms with Gasteiger partial charge in [0.05, 0.1) is 29.4 Å². The number of unbranched alkanes of at least 4 members (excludes halogenated alkanes) is 4. The van der Waals surface area contributed by atoms with E-state index in [0.717, 1.165) is 120 Å². The van der Waals surface area contributed by atoms with Crippen molar-refractivity contribution in [1.29, 1.82) is 0 Å². The van der Waals surface area contributed by atoms with Gasteiger partial charge >= 0.3 is 0 Å². The Bertz CT molecular complexity index is 3120. The number of ether oxygens (including phenoxy) is 1. The van der Waals surface area contributed by atoms with Crippen LogP contribution in [0, 0.1) is 0 Å². The zero-order valence-corrected chi connectivity index (χ0v) is 35.9. The first-order valence-electron chi connectivity index (χ1n) is 22.5. The van der Waals surface area contributed by atoms with Crippen molar-refractivity contribution in [1.82, 2.24) is 19.9 Å². The van der Waals surface area contributed by atoms with Gasteiger partial charge in [-0.25, -0.2) is 9.97 Å². The molecule has 2 aliphatic heterocycles. The van der Waals surface area contributed by atoms with Gasteiger partial charge in [-0.3, -0.25) is 0 Å². The van der Waals surface area contributed by atoms with Crippen LogP contribution in [0.2, 0.25) is 0 Å². The van der Waals surface area contributed by atoms with Gasteiger partial charge in [-0.05, 0) is 108 Å². The summed E-state index contributed by atoms with van der Waals surface area (Å²) >= 11 is 0. The van der Waals surface area contributed by atoms with E-state index in [-0.39, 0.29) is 0 Å². The van der Waals surface area contributed by atoms with Gasteiger partial charge in [0.2, 0.25) is 0 Å². The average Bonchev–Trinajstić information content (AvgIpc) is 4.20. The molecule has 3 aromatic heterocycles. The van der Waals surface area contributed by atoms with E-state index in [4.69, 9.17) is 14.7 Å². The molecule has 8 bridgehead atoms. The largest absolute Gasteiger partial charge is 0.493 e. The maximum atomic E-state index is 6.77. The third-order valence-electron chi connectivity index (χ3n) is 12.2. The second-order valence-corrected chi connectivity index (χ2v) is 16.4. The van der Waals surface area contributed by atoms with Gasteiger partial charge in [0.25, 0.3) is 0 Å². The van der Waals surface area contributed by atoms with Crippen molar-refractivity contribution in [2.24, 2.45) is 0 Å². The number of benzene rings is 5. The minimum atomic E-state index is 0.620. The molecule has 0 spiro atoms. The van der Waals surface area contributed by atoms with E-state index < -0.39 is 0 Å². The zero-order valence-electron chi connectivity index (χ0n) is 35.9. The van der Waals surface area contributed by atoms with E-state index in [2.05, 4.69) is 205 Å². The Kier molecular flexibility index (Phi) is 11.8. The summed E-state index contributed by atoms with van der Waals surface area (Å²) in [5.41, 5.74) is 18.0. The Labute approximate surface area is 375 Å². The summed E-state index contributed by atoms with van der Waals surface area (Å²) in [5, 5.41) is 0. The second kappa shape index (κ2) is 18.7. The predicted octanol–water partition coefficient (Wildman–Crippen LogP) is 15.5. The van der Waals surface area contributed by atoms with Crippen molar-refractivity contribution in [3.05, 3.63) is 204 Å². The number of nitrogens with zero attached hydrogens (tertiary/aromatic N) is 2. The molecular formula is C59H50N4O. The fraction of sp³-hybridized carbons (Fsp3) is 0.119. The van der Waals surface area contributed by atoms with Crippen LogP contribution < -0.4 is 4.74 Å². The number of H-pyrrole nitrogens is 2. The Hall–Kier alpha value is -7.76. The van der Waals surface area contributed by atoms with Crippen LogP contribution >= 0.6 is 0 Å². The molecule has 0 fully saturated rings. The smallest absolute Gasteiger partial charge is 0.127 e. The SMILES string of the molecule is C=Cc1ccc(-c2c3nc(c(-c4ccccc4)c4ccc([nH]4)c(-c4ccccc4)c4nc(c(-c5ccccc5)c5ccc2[nH]5)C=C4)C=C3)c(OCCCCCCCc2ccccc2)c1. The van der Waals surface area contributed by atoms with Crippen molar-refractivity contribution < 1.29 is 4.74 Å². The fourth-order valence-electron chi connectivity index (χ4n) is 8.99. The van der Waals surface area contributed by atoms with Crippen LogP contribution in [-0.4, -0.2) is 26.5 Å². The van der Waals surface area contributed by atoms with Crippen molar-refractivity contribution in [3.8, 4) is 50.3 Å². The van der Waals surface area contributed by atoms with E-state index >= 15 is 0 Å². The highest BCUT2D eigenvalue weighted by molar-refractivity contribution is 6.00. The van der Waals surface area contributed by atoms with E-state index in [0.29, 0.717) is 6.61 Å². The highest BCUT2D eigenvalue weighted by Crippen LogP contribution is 2.41. The molecule has 312 valence electrons. The van der Waals surface area contributed by atoms with Crippen LogP contribution in [0.15, 0.2) is 170 Å². The lowest BCUT2D eigenvalue weighted by atomic mass is 10.0. The lowest BCUT2D eigenvalue weighted by Crippen LogP contribution is -2.00. The number of hydrogen-bond donors (Lipinski definition) is 2. The quantitative estimate of drug-likeness (QED) is 0.107. The van der Waals surface area contributed by atoms with Crippen LogP contribution in [0.1, 0.15) is 66.0 Å². The first-order valence-corrected chi connectivity index (χ1v) is 22.5. The Morgan fingerprint density at radius 2 is 0.859 bits per heavy atom. The minimum absolute atomic E-state index is 0.620. The molecule has 0 aliphatic carbocycles. The van der Waals surface area contributed by atoms with Crippen LogP contribution in [-0.2, 0) is 6.42 Å². The monoisotopic (exact) mass is 830 g/mol. The molecular weight excluding hydrogens is 781 g/mol. The third kappa shape index (κ3) is 8.53. The number of aryl methyl sites for hydroxylation is 1. The van der Waals surface area contributed by atoms with Gasteiger partial charge in [-0.1, -0.05) is 159 Å². The first-order chi connectivity index (χ1) is 31.7. The Morgan fingerprint density at radius 3 is 1.34 bits per heavy atom. The van der Waals surface area contributed by atoms with Crippen LogP contribution in [0.4, 0.5) is 0 Å². The Balaban J connectivity index is 1.15. The van der Waals surface area contributed by atoms with Gasteiger partial charge in [0.15, 0.2) is 0 Å². The lowest BCUT2D eigenvalue weighted by Gasteiger charge is -2.14. The minimum Gasteiger partial charge on any atom is -0.493 e.